The van der Waals surface area contributed by atoms with Gasteiger partial charge in [-0.1, -0.05) is 97.2 Å². The Kier molecular flexibility index (Phi) is 14.6. The van der Waals surface area contributed by atoms with E-state index in [0.717, 1.165) is 0 Å². The maximum absolute atomic E-state index is 5.36. The smallest absolute Gasteiger partial charge is 0.0811 e. The molecule has 0 spiro atoms. The molecule has 0 heterocycles. The molecule has 0 aliphatic heterocycles. The Morgan fingerprint density at radius 3 is 0.480 bits per heavy atom. The van der Waals surface area contributed by atoms with Crippen molar-refractivity contribution in [2.45, 2.75) is 23.3 Å². The fourth-order valence-corrected chi connectivity index (χ4v) is 1.80. The third-order valence-corrected chi connectivity index (χ3v) is 3.11. The summed E-state index contributed by atoms with van der Waals surface area (Å²) in [4.78, 5) is 0. The molecule has 0 aromatic rings. The minimum Gasteiger partial charge on any atom is -0.0864 e. The van der Waals surface area contributed by atoms with Crippen molar-refractivity contribution in [3.05, 3.63) is 97.2 Å². The summed E-state index contributed by atoms with van der Waals surface area (Å²) in [5, 5.41) is 0. The summed E-state index contributed by atoms with van der Waals surface area (Å²) in [5.41, 5.74) is 0. The van der Waals surface area contributed by atoms with Gasteiger partial charge in [0.05, 0.1) is 31.4 Å². The molecule has 0 amide bonds. The van der Waals surface area contributed by atoms with E-state index in [2.05, 4.69) is 0 Å². The van der Waals surface area contributed by atoms with Crippen LogP contribution in [0.25, 0.3) is 0 Å². The third-order valence-electron chi connectivity index (χ3n) is 3.11. The van der Waals surface area contributed by atoms with E-state index in [0.29, 0.717) is 0 Å². The first-order chi connectivity index (χ1) is 11.6. The van der Waals surface area contributed by atoms with Crippen molar-refractivity contribution < 1.29 is 0 Å². The van der Waals surface area contributed by atoms with Crippen LogP contribution in [0.15, 0.2) is 97.2 Å². The summed E-state index contributed by atoms with van der Waals surface area (Å²) in [6, 6.07) is 0. The normalized spacial score (nSPS) is 19.2. The fourth-order valence-electron chi connectivity index (χ4n) is 1.80. The number of allylic oxidation sites excluding steroid dienone is 16. The summed E-state index contributed by atoms with van der Waals surface area (Å²) < 4.78 is 0. The Morgan fingerprint density at radius 2 is 0.440 bits per heavy atom. The zero-order valence-corrected chi connectivity index (χ0v) is 17.2. The fraction of sp³-hybridized carbons (Fsp3) is 0.200. The van der Waals surface area contributed by atoms with Gasteiger partial charge in [-0.15, -0.1) is 0 Å². The molecule has 0 bridgehead atoms. The van der Waals surface area contributed by atoms with Gasteiger partial charge in [0.25, 0.3) is 0 Å². The predicted molar refractivity (Wildman–Crippen MR) is 117 cm³/mol. The minimum atomic E-state index is 0. The van der Waals surface area contributed by atoms with E-state index >= 15 is 0 Å². The first-order valence-corrected chi connectivity index (χ1v) is 8.00. The molecule has 12 radical (unpaired) electrons. The van der Waals surface area contributed by atoms with Crippen LogP contribution in [0.3, 0.4) is 0 Å². The van der Waals surface area contributed by atoms with Crippen LogP contribution in [0.4, 0.5) is 0 Å². The van der Waals surface area contributed by atoms with Crippen LogP contribution >= 0.6 is 0 Å². The maximum atomic E-state index is 5.36. The van der Waals surface area contributed by atoms with Crippen LogP contribution in [-0.2, 0) is 0 Å². The average Bonchev–Trinajstić information content (AvgIpc) is 3.31. The van der Waals surface area contributed by atoms with Crippen molar-refractivity contribution >= 4 is 55.3 Å². The molecule has 0 saturated carbocycles. The average molecular weight is 422 g/mol. The predicted octanol–water partition coefficient (Wildman–Crippen LogP) is 3.90. The SMILES string of the molecule is [B]C1C=CC=C1.[B]C1C=CC=C1.[B]C1C=CC=C1.[B]C1C=CC=C1.[Sn]. The van der Waals surface area contributed by atoms with Crippen molar-refractivity contribution in [1.82, 2.24) is 0 Å². The molecule has 0 aromatic carbocycles. The molecule has 0 unspecified atom stereocenters. The van der Waals surface area contributed by atoms with Gasteiger partial charge in [-0.05, 0) is 23.3 Å². The van der Waals surface area contributed by atoms with Crippen LogP contribution in [0, 0.1) is 0 Å². The molecule has 0 nitrogen and oxygen atoms in total. The summed E-state index contributed by atoms with van der Waals surface area (Å²) in [5.74, 6) is 0.741. The molecular formula is C20H20B4Sn. The van der Waals surface area contributed by atoms with Gasteiger partial charge in [-0.3, -0.25) is 0 Å². The number of hydrogen-bond donors (Lipinski definition) is 0. The molecule has 0 atom stereocenters. The van der Waals surface area contributed by atoms with Crippen LogP contribution in [0.1, 0.15) is 0 Å². The van der Waals surface area contributed by atoms with Gasteiger partial charge < -0.3 is 0 Å². The zero-order valence-electron chi connectivity index (χ0n) is 14.4. The molecular weight excluding hydrogens is 402 g/mol. The molecule has 4 aliphatic carbocycles. The molecule has 0 fully saturated rings. The minimum absolute atomic E-state index is 0. The third kappa shape index (κ3) is 13.9. The maximum Gasteiger partial charge on any atom is 0.0811 e. The molecule has 4 rings (SSSR count). The number of hydrogen-bond acceptors (Lipinski definition) is 0. The van der Waals surface area contributed by atoms with E-state index in [9.17, 15) is 0 Å². The van der Waals surface area contributed by atoms with Crippen molar-refractivity contribution in [1.29, 1.82) is 0 Å². The molecule has 5 heteroatoms. The Balaban J connectivity index is 0.000000303. The van der Waals surface area contributed by atoms with Crippen molar-refractivity contribution in [2.75, 3.05) is 0 Å². The molecule has 4 aliphatic rings. The Bertz CT molecular complexity index is 431. The first kappa shape index (κ1) is 24.0. The van der Waals surface area contributed by atoms with E-state index in [1.807, 2.05) is 97.2 Å². The molecule has 0 saturated heterocycles. The van der Waals surface area contributed by atoms with E-state index in [1.165, 1.54) is 0 Å². The second-order valence-electron chi connectivity index (χ2n) is 5.39. The van der Waals surface area contributed by atoms with E-state index < -0.39 is 0 Å². The van der Waals surface area contributed by atoms with Gasteiger partial charge in [0.2, 0.25) is 0 Å². The second kappa shape index (κ2) is 15.3. The Morgan fingerprint density at radius 1 is 0.320 bits per heavy atom. The summed E-state index contributed by atoms with van der Waals surface area (Å²) in [6.45, 7) is 0. The summed E-state index contributed by atoms with van der Waals surface area (Å²) in [7, 11) is 21.4. The number of rotatable bonds is 0. The summed E-state index contributed by atoms with van der Waals surface area (Å²) >= 11 is 0. The van der Waals surface area contributed by atoms with Gasteiger partial charge >= 0.3 is 0 Å². The van der Waals surface area contributed by atoms with Crippen LogP contribution in [-0.4, -0.2) is 55.3 Å². The monoisotopic (exact) mass is 424 g/mol. The molecule has 116 valence electrons. The first-order valence-electron chi connectivity index (χ1n) is 8.00. The molecule has 0 aromatic heterocycles. The van der Waals surface area contributed by atoms with Gasteiger partial charge in [0, 0.05) is 23.9 Å². The molecule has 0 N–H and O–H groups in total. The van der Waals surface area contributed by atoms with Gasteiger partial charge in [-0.2, -0.15) is 0 Å². The van der Waals surface area contributed by atoms with Crippen LogP contribution in [0.2, 0.25) is 23.3 Å². The Labute approximate surface area is 175 Å². The van der Waals surface area contributed by atoms with E-state index in [1.54, 1.807) is 0 Å². The second-order valence-corrected chi connectivity index (χ2v) is 5.39. The van der Waals surface area contributed by atoms with Gasteiger partial charge in [-0.25, -0.2) is 0 Å². The van der Waals surface area contributed by atoms with Crippen molar-refractivity contribution in [3.63, 3.8) is 0 Å². The van der Waals surface area contributed by atoms with E-state index in [-0.39, 0.29) is 47.2 Å². The van der Waals surface area contributed by atoms with E-state index in [4.69, 9.17) is 31.4 Å². The standard InChI is InChI=1S/4C5H5B.Sn/c4*6-5-3-1-2-4-5;/h4*1-5H;. The van der Waals surface area contributed by atoms with Crippen LogP contribution < -0.4 is 0 Å². The van der Waals surface area contributed by atoms with Crippen molar-refractivity contribution in [2.24, 2.45) is 0 Å². The zero-order chi connectivity index (χ0) is 17.6. The van der Waals surface area contributed by atoms with Gasteiger partial charge in [0.15, 0.2) is 0 Å². The van der Waals surface area contributed by atoms with Gasteiger partial charge in [0.1, 0.15) is 0 Å². The topological polar surface area (TPSA) is 0 Å². The van der Waals surface area contributed by atoms with Crippen LogP contribution in [0.5, 0.6) is 0 Å². The largest absolute Gasteiger partial charge is 0.0864 e. The molecule has 25 heavy (non-hydrogen) atoms. The summed E-state index contributed by atoms with van der Waals surface area (Å²) in [6.07, 6.45) is 31.1. The Hall–Kier alpha value is -1.02. The quantitative estimate of drug-likeness (QED) is 0.520. The van der Waals surface area contributed by atoms with Crippen molar-refractivity contribution in [3.8, 4) is 0 Å².